The minimum absolute atomic E-state index is 0.252. The van der Waals surface area contributed by atoms with E-state index >= 15 is 0 Å². The van der Waals surface area contributed by atoms with Crippen LogP contribution in [0.15, 0.2) is 23.8 Å². The molecule has 1 aliphatic rings. The van der Waals surface area contributed by atoms with Crippen molar-refractivity contribution in [1.29, 1.82) is 0 Å². The molecule has 1 atom stereocenters. The minimum atomic E-state index is 0.252. The molecule has 60 valence electrons. The van der Waals surface area contributed by atoms with E-state index in [9.17, 15) is 4.79 Å². The molecule has 0 fully saturated rings. The average Bonchev–Trinajstić information content (AvgIpc) is 1.85. The van der Waals surface area contributed by atoms with Crippen LogP contribution in [0.25, 0.3) is 0 Å². The Bertz CT molecular complexity index is 223. The fraction of sp³-hybridized carbons (Fsp3) is 0.500. The van der Waals surface area contributed by atoms with E-state index in [4.69, 9.17) is 0 Å². The van der Waals surface area contributed by atoms with Gasteiger partial charge in [0.1, 0.15) is 0 Å². The van der Waals surface area contributed by atoms with Crippen molar-refractivity contribution in [3.63, 3.8) is 0 Å². The summed E-state index contributed by atoms with van der Waals surface area (Å²) in [6, 6.07) is 0. The molecule has 0 spiro atoms. The van der Waals surface area contributed by atoms with E-state index in [1.165, 1.54) is 5.57 Å². The Hall–Kier alpha value is -0.850. The van der Waals surface area contributed by atoms with Crippen molar-refractivity contribution < 1.29 is 4.79 Å². The molecule has 0 aliphatic heterocycles. The van der Waals surface area contributed by atoms with E-state index in [0.717, 1.165) is 12.0 Å². The third-order valence-corrected chi connectivity index (χ3v) is 2.12. The molecule has 0 N–H and O–H groups in total. The Labute approximate surface area is 67.8 Å². The lowest BCUT2D eigenvalue weighted by molar-refractivity contribution is -0.115. The average molecular weight is 150 g/mol. The van der Waals surface area contributed by atoms with Gasteiger partial charge >= 0.3 is 0 Å². The Balaban J connectivity index is 2.72. The fourth-order valence-electron chi connectivity index (χ4n) is 1.44. The molecule has 0 saturated heterocycles. The van der Waals surface area contributed by atoms with Crippen molar-refractivity contribution in [3.05, 3.63) is 23.8 Å². The van der Waals surface area contributed by atoms with E-state index in [1.54, 1.807) is 6.08 Å². The molecule has 1 nitrogen and oxygen atoms in total. The lowest BCUT2D eigenvalue weighted by Crippen LogP contribution is -2.13. The molecule has 0 radical (unpaired) electrons. The standard InChI is InChI=1S/C10H14O/c1-7(2)9-4-8(3)5-10(11)6-9/h5,9H,1,4,6H2,2-3H3/t9-/m0/s1. The van der Waals surface area contributed by atoms with Crippen molar-refractivity contribution in [1.82, 2.24) is 0 Å². The number of hydrogen-bond donors (Lipinski definition) is 0. The highest BCUT2D eigenvalue weighted by atomic mass is 16.1. The van der Waals surface area contributed by atoms with Crippen LogP contribution in [0.4, 0.5) is 0 Å². The molecule has 0 saturated carbocycles. The summed E-state index contributed by atoms with van der Waals surface area (Å²) in [5.74, 6) is 0.647. The molecule has 0 aromatic carbocycles. The molecule has 1 heteroatoms. The first-order valence-corrected chi connectivity index (χ1v) is 3.95. The van der Waals surface area contributed by atoms with Crippen LogP contribution in [0.2, 0.25) is 0 Å². The summed E-state index contributed by atoms with van der Waals surface area (Å²) in [6.07, 6.45) is 3.42. The summed E-state index contributed by atoms with van der Waals surface area (Å²) in [7, 11) is 0. The van der Waals surface area contributed by atoms with Gasteiger partial charge in [-0.05, 0) is 32.3 Å². The third-order valence-electron chi connectivity index (χ3n) is 2.12. The molecule has 0 heterocycles. The van der Waals surface area contributed by atoms with Crippen molar-refractivity contribution in [3.8, 4) is 0 Å². The summed E-state index contributed by atoms with van der Waals surface area (Å²) in [4.78, 5) is 11.1. The zero-order valence-electron chi connectivity index (χ0n) is 7.18. The maximum Gasteiger partial charge on any atom is 0.156 e. The van der Waals surface area contributed by atoms with Crippen molar-refractivity contribution in [2.75, 3.05) is 0 Å². The molecule has 0 bridgehead atoms. The van der Waals surface area contributed by atoms with E-state index in [2.05, 4.69) is 6.58 Å². The molecule has 0 unspecified atom stereocenters. The molecular weight excluding hydrogens is 136 g/mol. The Morgan fingerprint density at radius 2 is 2.27 bits per heavy atom. The van der Waals surface area contributed by atoms with Gasteiger partial charge in [-0.1, -0.05) is 17.7 Å². The monoisotopic (exact) mass is 150 g/mol. The number of ketones is 1. The Morgan fingerprint density at radius 1 is 1.64 bits per heavy atom. The van der Waals surface area contributed by atoms with Crippen molar-refractivity contribution >= 4 is 5.78 Å². The topological polar surface area (TPSA) is 17.1 Å². The number of rotatable bonds is 1. The summed E-state index contributed by atoms with van der Waals surface area (Å²) in [5, 5.41) is 0. The molecule has 0 aromatic heterocycles. The molecule has 0 aromatic rings. The second-order valence-corrected chi connectivity index (χ2v) is 3.41. The predicted molar refractivity (Wildman–Crippen MR) is 46.3 cm³/mol. The lowest BCUT2D eigenvalue weighted by Gasteiger charge is -2.19. The maximum atomic E-state index is 11.1. The number of allylic oxidation sites excluding steroid dienone is 3. The molecule has 1 aliphatic carbocycles. The second kappa shape index (κ2) is 3.04. The molecule has 0 amide bonds. The van der Waals surface area contributed by atoms with Crippen LogP contribution >= 0.6 is 0 Å². The van der Waals surface area contributed by atoms with Crippen LogP contribution in [0.3, 0.4) is 0 Å². The molecular formula is C10H14O. The summed E-state index contributed by atoms with van der Waals surface area (Å²) in [5.41, 5.74) is 2.32. The van der Waals surface area contributed by atoms with Gasteiger partial charge in [-0.3, -0.25) is 4.79 Å². The summed E-state index contributed by atoms with van der Waals surface area (Å²) in [6.45, 7) is 7.87. The number of carbonyl (C=O) groups excluding carboxylic acids is 1. The highest BCUT2D eigenvalue weighted by Crippen LogP contribution is 2.26. The highest BCUT2D eigenvalue weighted by molar-refractivity contribution is 5.91. The van der Waals surface area contributed by atoms with Gasteiger partial charge in [-0.25, -0.2) is 0 Å². The Morgan fingerprint density at radius 3 is 2.73 bits per heavy atom. The van der Waals surface area contributed by atoms with E-state index in [1.807, 2.05) is 13.8 Å². The van der Waals surface area contributed by atoms with Crippen molar-refractivity contribution in [2.45, 2.75) is 26.7 Å². The van der Waals surface area contributed by atoms with Gasteiger partial charge in [0, 0.05) is 6.42 Å². The predicted octanol–water partition coefficient (Wildman–Crippen LogP) is 2.49. The van der Waals surface area contributed by atoms with Gasteiger partial charge in [0.15, 0.2) is 5.78 Å². The van der Waals surface area contributed by atoms with Crippen LogP contribution < -0.4 is 0 Å². The first-order valence-electron chi connectivity index (χ1n) is 3.95. The van der Waals surface area contributed by atoms with Crippen LogP contribution in [0.1, 0.15) is 26.7 Å². The number of carbonyl (C=O) groups is 1. The van der Waals surface area contributed by atoms with Crippen LogP contribution in [0.5, 0.6) is 0 Å². The van der Waals surface area contributed by atoms with Crippen LogP contribution in [0, 0.1) is 5.92 Å². The lowest BCUT2D eigenvalue weighted by atomic mass is 9.85. The highest BCUT2D eigenvalue weighted by Gasteiger charge is 2.18. The second-order valence-electron chi connectivity index (χ2n) is 3.41. The minimum Gasteiger partial charge on any atom is -0.295 e. The normalized spacial score (nSPS) is 24.7. The molecule has 1 rings (SSSR count). The maximum absolute atomic E-state index is 11.1. The number of hydrogen-bond acceptors (Lipinski definition) is 1. The first kappa shape index (κ1) is 8.25. The summed E-state index contributed by atoms with van der Waals surface area (Å²) < 4.78 is 0. The van der Waals surface area contributed by atoms with Crippen LogP contribution in [-0.4, -0.2) is 5.78 Å². The third kappa shape index (κ3) is 2.04. The smallest absolute Gasteiger partial charge is 0.156 e. The van der Waals surface area contributed by atoms with E-state index in [-0.39, 0.29) is 5.78 Å². The van der Waals surface area contributed by atoms with Gasteiger partial charge in [-0.15, -0.1) is 0 Å². The summed E-state index contributed by atoms with van der Waals surface area (Å²) >= 11 is 0. The SMILES string of the molecule is C=C(C)[C@@H]1CC(=O)C=C(C)C1. The van der Waals surface area contributed by atoms with Gasteiger partial charge < -0.3 is 0 Å². The quantitative estimate of drug-likeness (QED) is 0.525. The van der Waals surface area contributed by atoms with Gasteiger partial charge in [0.2, 0.25) is 0 Å². The zero-order chi connectivity index (χ0) is 8.43. The van der Waals surface area contributed by atoms with E-state index in [0.29, 0.717) is 12.3 Å². The fourth-order valence-corrected chi connectivity index (χ4v) is 1.44. The van der Waals surface area contributed by atoms with Crippen LogP contribution in [-0.2, 0) is 4.79 Å². The van der Waals surface area contributed by atoms with Crippen molar-refractivity contribution in [2.24, 2.45) is 5.92 Å². The van der Waals surface area contributed by atoms with Gasteiger partial charge in [0.25, 0.3) is 0 Å². The Kier molecular flexibility index (Phi) is 2.28. The zero-order valence-corrected chi connectivity index (χ0v) is 7.18. The van der Waals surface area contributed by atoms with Gasteiger partial charge in [-0.2, -0.15) is 0 Å². The first-order chi connectivity index (χ1) is 5.09. The molecule has 11 heavy (non-hydrogen) atoms. The largest absolute Gasteiger partial charge is 0.295 e. The van der Waals surface area contributed by atoms with Gasteiger partial charge in [0.05, 0.1) is 0 Å². The van der Waals surface area contributed by atoms with E-state index < -0.39 is 0 Å².